The lowest BCUT2D eigenvalue weighted by Gasteiger charge is -2.21. The molecule has 1 aromatic heterocycles. The number of hydrogen-bond donors (Lipinski definition) is 0. The zero-order valence-electron chi connectivity index (χ0n) is 14.3. The van der Waals surface area contributed by atoms with Gasteiger partial charge in [-0.3, -0.25) is 9.59 Å². The van der Waals surface area contributed by atoms with Crippen molar-refractivity contribution < 1.29 is 18.7 Å². The lowest BCUT2D eigenvalue weighted by atomic mass is 10.1. The van der Waals surface area contributed by atoms with Crippen LogP contribution in [0.4, 0.5) is 0 Å². The third-order valence-electron chi connectivity index (χ3n) is 3.83. The molecule has 0 aliphatic carbocycles. The van der Waals surface area contributed by atoms with E-state index in [1.54, 1.807) is 68.7 Å². The average Bonchev–Trinajstić information content (AvgIpc) is 2.66. The first-order chi connectivity index (χ1) is 12.5. The van der Waals surface area contributed by atoms with Crippen molar-refractivity contribution in [1.29, 1.82) is 0 Å². The van der Waals surface area contributed by atoms with Gasteiger partial charge in [0.2, 0.25) is 11.9 Å². The lowest BCUT2D eigenvalue weighted by Crippen LogP contribution is -2.31. The van der Waals surface area contributed by atoms with E-state index in [9.17, 15) is 14.4 Å². The summed E-state index contributed by atoms with van der Waals surface area (Å²) < 4.78 is 10.9. The van der Waals surface area contributed by atoms with E-state index in [-0.39, 0.29) is 16.8 Å². The van der Waals surface area contributed by atoms with Gasteiger partial charge >= 0.3 is 5.97 Å². The van der Waals surface area contributed by atoms with Crippen LogP contribution in [0.15, 0.2) is 69.9 Å². The maximum atomic E-state index is 12.5. The first-order valence-electron chi connectivity index (χ1n) is 7.97. The number of nitrogens with zero attached hydrogens (tertiary/aromatic N) is 1. The van der Waals surface area contributed by atoms with Crippen molar-refractivity contribution >= 4 is 22.8 Å². The average molecular weight is 351 g/mol. The highest BCUT2D eigenvalue weighted by molar-refractivity contribution is 5.92. The summed E-state index contributed by atoms with van der Waals surface area (Å²) in [5.41, 5.74) is 0.457. The molecule has 0 bridgehead atoms. The number of carbonyl (C=O) groups is 2. The van der Waals surface area contributed by atoms with Gasteiger partial charge in [-0.05, 0) is 12.1 Å². The fourth-order valence-electron chi connectivity index (χ4n) is 2.49. The minimum absolute atomic E-state index is 0.249. The maximum Gasteiger partial charge on any atom is 0.375 e. The van der Waals surface area contributed by atoms with Gasteiger partial charge in [0.1, 0.15) is 5.58 Å². The van der Waals surface area contributed by atoms with Crippen LogP contribution in [0.3, 0.4) is 0 Å². The second-order valence-electron chi connectivity index (χ2n) is 5.90. The molecule has 0 fully saturated rings. The fraction of sp³-hybridized carbons (Fsp3) is 0.150. The highest BCUT2D eigenvalue weighted by atomic mass is 16.6. The predicted molar refractivity (Wildman–Crippen MR) is 95.8 cm³/mol. The van der Waals surface area contributed by atoms with Gasteiger partial charge in [-0.2, -0.15) is 0 Å². The summed E-state index contributed by atoms with van der Waals surface area (Å²) in [6.07, 6.45) is -1.13. The van der Waals surface area contributed by atoms with Gasteiger partial charge in [0.05, 0.1) is 5.39 Å². The van der Waals surface area contributed by atoms with Gasteiger partial charge in [0, 0.05) is 25.7 Å². The highest BCUT2D eigenvalue weighted by Crippen LogP contribution is 2.22. The molecular formula is C20H17NO5. The van der Waals surface area contributed by atoms with Crippen LogP contribution in [-0.2, 0) is 9.53 Å². The van der Waals surface area contributed by atoms with Gasteiger partial charge in [-0.25, -0.2) is 4.79 Å². The topological polar surface area (TPSA) is 76.8 Å². The Balaban J connectivity index is 1.95. The number of likely N-dealkylation sites (N-methyl/N-ethyl adjacent to an activating group) is 1. The van der Waals surface area contributed by atoms with E-state index in [4.69, 9.17) is 9.15 Å². The summed E-state index contributed by atoms with van der Waals surface area (Å²) in [4.78, 5) is 38.5. The molecule has 26 heavy (non-hydrogen) atoms. The summed E-state index contributed by atoms with van der Waals surface area (Å²) in [5.74, 6) is -1.52. The van der Waals surface area contributed by atoms with Crippen LogP contribution in [0.1, 0.15) is 22.2 Å². The Morgan fingerprint density at radius 1 is 1.00 bits per heavy atom. The number of amides is 1. The molecule has 3 rings (SSSR count). The fourth-order valence-corrected chi connectivity index (χ4v) is 2.49. The summed E-state index contributed by atoms with van der Waals surface area (Å²) in [5, 5.41) is 0.369. The highest BCUT2D eigenvalue weighted by Gasteiger charge is 2.28. The van der Waals surface area contributed by atoms with Crippen LogP contribution in [0.5, 0.6) is 0 Å². The molecule has 132 valence electrons. The van der Waals surface area contributed by atoms with E-state index >= 15 is 0 Å². The van der Waals surface area contributed by atoms with Gasteiger partial charge in [-0.1, -0.05) is 42.5 Å². The Morgan fingerprint density at radius 2 is 1.65 bits per heavy atom. The molecule has 0 aliphatic heterocycles. The summed E-state index contributed by atoms with van der Waals surface area (Å²) in [6.45, 7) is 0. The minimum atomic E-state index is -1.13. The Hall–Kier alpha value is -3.41. The van der Waals surface area contributed by atoms with Crippen LogP contribution in [0.2, 0.25) is 0 Å². The van der Waals surface area contributed by atoms with E-state index in [0.29, 0.717) is 10.9 Å². The maximum absolute atomic E-state index is 12.5. The Morgan fingerprint density at radius 3 is 2.35 bits per heavy atom. The first kappa shape index (κ1) is 17.4. The van der Waals surface area contributed by atoms with E-state index < -0.39 is 18.0 Å². The molecule has 1 heterocycles. The van der Waals surface area contributed by atoms with Gasteiger partial charge in [-0.15, -0.1) is 0 Å². The van der Waals surface area contributed by atoms with Crippen LogP contribution in [-0.4, -0.2) is 30.9 Å². The SMILES string of the molecule is CN(C)C(=O)[C@@H](OC(=O)c1cc(=O)c2ccccc2o1)c1ccccc1. The third-order valence-corrected chi connectivity index (χ3v) is 3.83. The number of hydrogen-bond acceptors (Lipinski definition) is 5. The van der Waals surface area contributed by atoms with Crippen molar-refractivity contribution in [1.82, 2.24) is 4.90 Å². The quantitative estimate of drug-likeness (QED) is 0.676. The standard InChI is InChI=1S/C20H17NO5/c1-21(2)19(23)18(13-8-4-3-5-9-13)26-20(24)17-12-15(22)14-10-6-7-11-16(14)25-17/h3-12,18H,1-2H3/t18-/m0/s1. The van der Waals surface area contributed by atoms with Crippen molar-refractivity contribution in [3.63, 3.8) is 0 Å². The van der Waals surface area contributed by atoms with Crippen LogP contribution in [0.25, 0.3) is 11.0 Å². The van der Waals surface area contributed by atoms with Gasteiger partial charge < -0.3 is 14.1 Å². The van der Waals surface area contributed by atoms with E-state index in [1.165, 1.54) is 4.90 Å². The van der Waals surface area contributed by atoms with Crippen molar-refractivity contribution in [2.24, 2.45) is 0 Å². The molecule has 0 radical (unpaired) electrons. The molecule has 0 aliphatic rings. The smallest absolute Gasteiger partial charge is 0.375 e. The number of rotatable bonds is 4. The Labute approximate surface area is 149 Å². The zero-order valence-corrected chi connectivity index (χ0v) is 14.3. The number of carbonyl (C=O) groups excluding carboxylic acids is 2. The second-order valence-corrected chi connectivity index (χ2v) is 5.90. The largest absolute Gasteiger partial charge is 0.449 e. The molecule has 0 unspecified atom stereocenters. The van der Waals surface area contributed by atoms with Crippen LogP contribution >= 0.6 is 0 Å². The van der Waals surface area contributed by atoms with Crippen LogP contribution < -0.4 is 5.43 Å². The molecular weight excluding hydrogens is 334 g/mol. The van der Waals surface area contributed by atoms with E-state index in [1.807, 2.05) is 0 Å². The lowest BCUT2D eigenvalue weighted by molar-refractivity contribution is -0.138. The Bertz CT molecular complexity index is 1010. The number of para-hydroxylation sites is 1. The predicted octanol–water partition coefficient (Wildman–Crippen LogP) is 2.78. The van der Waals surface area contributed by atoms with E-state index in [2.05, 4.69) is 0 Å². The Kier molecular flexibility index (Phi) is 4.84. The molecule has 0 N–H and O–H groups in total. The third kappa shape index (κ3) is 3.49. The van der Waals surface area contributed by atoms with Gasteiger partial charge in [0.25, 0.3) is 5.91 Å². The molecule has 3 aromatic rings. The molecule has 2 aromatic carbocycles. The monoisotopic (exact) mass is 351 g/mol. The number of esters is 1. The molecule has 0 saturated heterocycles. The number of benzene rings is 2. The summed E-state index contributed by atoms with van der Waals surface area (Å²) in [7, 11) is 3.14. The summed E-state index contributed by atoms with van der Waals surface area (Å²) in [6, 6.07) is 16.3. The minimum Gasteiger partial charge on any atom is -0.449 e. The normalized spacial score (nSPS) is 11.8. The molecule has 6 nitrogen and oxygen atoms in total. The summed E-state index contributed by atoms with van der Waals surface area (Å²) >= 11 is 0. The second kappa shape index (κ2) is 7.23. The molecule has 6 heteroatoms. The molecule has 0 saturated carbocycles. The van der Waals surface area contributed by atoms with Crippen LogP contribution in [0, 0.1) is 0 Å². The molecule has 1 amide bonds. The first-order valence-corrected chi connectivity index (χ1v) is 7.97. The van der Waals surface area contributed by atoms with Crippen molar-refractivity contribution in [2.45, 2.75) is 6.10 Å². The van der Waals surface area contributed by atoms with E-state index in [0.717, 1.165) is 6.07 Å². The zero-order chi connectivity index (χ0) is 18.7. The number of fused-ring (bicyclic) bond motifs is 1. The van der Waals surface area contributed by atoms with Gasteiger partial charge in [0.15, 0.2) is 5.43 Å². The molecule has 1 atom stereocenters. The number of ether oxygens (including phenoxy) is 1. The van der Waals surface area contributed by atoms with Crippen molar-refractivity contribution in [3.05, 3.63) is 82.2 Å². The molecule has 0 spiro atoms. The van der Waals surface area contributed by atoms with Crippen molar-refractivity contribution in [3.8, 4) is 0 Å². The van der Waals surface area contributed by atoms with Crippen molar-refractivity contribution in [2.75, 3.05) is 14.1 Å².